The maximum Gasteiger partial charge on any atom is 0.221 e. The number of anilines is 1. The Balaban J connectivity index is 2.24. The van der Waals surface area contributed by atoms with E-state index in [4.69, 9.17) is 15.2 Å². The lowest BCUT2D eigenvalue weighted by atomic mass is 10.2. The molecule has 0 radical (unpaired) electrons. The maximum atomic E-state index is 5.59. The van der Waals surface area contributed by atoms with E-state index in [9.17, 15) is 0 Å². The standard InChI is InChI=1S/C13H14N2O2/c1-9-6-7-10(8-11(9)16-2)17-13-5-3-4-12(14)15-13/h3-8H,1-2H3,(H2,14,15). The molecule has 2 N–H and O–H groups in total. The Hall–Kier alpha value is -2.23. The molecule has 2 aromatic rings. The van der Waals surface area contributed by atoms with Crippen LogP contribution in [0.15, 0.2) is 36.4 Å². The number of nitrogen functional groups attached to an aromatic ring is 1. The number of ether oxygens (including phenoxy) is 2. The third-order valence-electron chi connectivity index (χ3n) is 2.35. The molecule has 4 heteroatoms. The van der Waals surface area contributed by atoms with Crippen molar-refractivity contribution in [1.82, 2.24) is 4.98 Å². The van der Waals surface area contributed by atoms with Crippen LogP contribution in [0.25, 0.3) is 0 Å². The number of benzene rings is 1. The van der Waals surface area contributed by atoms with Gasteiger partial charge in [-0.25, -0.2) is 0 Å². The Morgan fingerprint density at radius 3 is 2.71 bits per heavy atom. The van der Waals surface area contributed by atoms with E-state index in [1.807, 2.05) is 25.1 Å². The first-order chi connectivity index (χ1) is 8.19. The zero-order valence-electron chi connectivity index (χ0n) is 9.81. The number of nitrogens with two attached hydrogens (primary N) is 1. The smallest absolute Gasteiger partial charge is 0.221 e. The molecule has 0 saturated carbocycles. The number of hydrogen-bond donors (Lipinski definition) is 1. The van der Waals surface area contributed by atoms with Gasteiger partial charge in [0.15, 0.2) is 0 Å². The average Bonchev–Trinajstić information content (AvgIpc) is 2.32. The Kier molecular flexibility index (Phi) is 3.14. The first kappa shape index (κ1) is 11.3. The van der Waals surface area contributed by atoms with Crippen molar-refractivity contribution < 1.29 is 9.47 Å². The number of hydrogen-bond acceptors (Lipinski definition) is 4. The van der Waals surface area contributed by atoms with E-state index in [1.54, 1.807) is 25.3 Å². The molecule has 17 heavy (non-hydrogen) atoms. The van der Waals surface area contributed by atoms with Gasteiger partial charge in [0, 0.05) is 12.1 Å². The quantitative estimate of drug-likeness (QED) is 0.880. The second kappa shape index (κ2) is 4.74. The molecule has 0 spiro atoms. The molecule has 1 aromatic heterocycles. The zero-order valence-corrected chi connectivity index (χ0v) is 9.81. The molecule has 1 heterocycles. The van der Waals surface area contributed by atoms with Crippen molar-refractivity contribution in [3.8, 4) is 17.4 Å². The minimum Gasteiger partial charge on any atom is -0.496 e. The van der Waals surface area contributed by atoms with Crippen LogP contribution in [0.5, 0.6) is 17.4 Å². The highest BCUT2D eigenvalue weighted by Gasteiger charge is 2.03. The first-order valence-electron chi connectivity index (χ1n) is 5.24. The van der Waals surface area contributed by atoms with Gasteiger partial charge in [-0.3, -0.25) is 0 Å². The van der Waals surface area contributed by atoms with E-state index in [0.29, 0.717) is 17.4 Å². The van der Waals surface area contributed by atoms with Gasteiger partial charge in [-0.05, 0) is 24.6 Å². The van der Waals surface area contributed by atoms with E-state index in [-0.39, 0.29) is 0 Å². The summed E-state index contributed by atoms with van der Waals surface area (Å²) in [5, 5.41) is 0. The molecule has 0 fully saturated rings. The number of nitrogens with zero attached hydrogens (tertiary/aromatic N) is 1. The largest absolute Gasteiger partial charge is 0.496 e. The molecule has 0 aliphatic rings. The number of aromatic nitrogens is 1. The van der Waals surface area contributed by atoms with E-state index in [0.717, 1.165) is 11.3 Å². The van der Waals surface area contributed by atoms with Crippen molar-refractivity contribution in [3.63, 3.8) is 0 Å². The van der Waals surface area contributed by atoms with Gasteiger partial charge in [0.1, 0.15) is 17.3 Å². The van der Waals surface area contributed by atoms with Crippen LogP contribution >= 0.6 is 0 Å². The minimum absolute atomic E-state index is 0.432. The van der Waals surface area contributed by atoms with Crippen LogP contribution < -0.4 is 15.2 Å². The molecule has 0 bridgehead atoms. The monoisotopic (exact) mass is 230 g/mol. The highest BCUT2D eigenvalue weighted by atomic mass is 16.5. The van der Waals surface area contributed by atoms with Crippen LogP contribution in [-0.2, 0) is 0 Å². The van der Waals surface area contributed by atoms with Crippen LogP contribution in [0.3, 0.4) is 0 Å². The zero-order chi connectivity index (χ0) is 12.3. The van der Waals surface area contributed by atoms with Crippen LogP contribution in [0.1, 0.15) is 5.56 Å². The number of pyridine rings is 1. The molecule has 0 aliphatic carbocycles. The molecule has 0 unspecified atom stereocenters. The summed E-state index contributed by atoms with van der Waals surface area (Å²) in [5.74, 6) is 2.36. The minimum atomic E-state index is 0.432. The highest BCUT2D eigenvalue weighted by molar-refractivity contribution is 5.41. The van der Waals surface area contributed by atoms with E-state index < -0.39 is 0 Å². The summed E-state index contributed by atoms with van der Waals surface area (Å²) >= 11 is 0. The lowest BCUT2D eigenvalue weighted by molar-refractivity contribution is 0.404. The number of methoxy groups -OCH3 is 1. The SMILES string of the molecule is COc1cc(Oc2cccc(N)n2)ccc1C. The summed E-state index contributed by atoms with van der Waals surface area (Å²) in [5.41, 5.74) is 6.63. The summed E-state index contributed by atoms with van der Waals surface area (Å²) < 4.78 is 10.8. The van der Waals surface area contributed by atoms with Gasteiger partial charge in [0.05, 0.1) is 7.11 Å². The molecule has 2 rings (SSSR count). The van der Waals surface area contributed by atoms with Gasteiger partial charge >= 0.3 is 0 Å². The summed E-state index contributed by atoms with van der Waals surface area (Å²) in [6.45, 7) is 1.97. The van der Waals surface area contributed by atoms with Gasteiger partial charge in [-0.15, -0.1) is 0 Å². The van der Waals surface area contributed by atoms with Gasteiger partial charge in [0.25, 0.3) is 0 Å². The topological polar surface area (TPSA) is 57.4 Å². The van der Waals surface area contributed by atoms with Crippen LogP contribution in [0.4, 0.5) is 5.82 Å². The fraction of sp³-hybridized carbons (Fsp3) is 0.154. The molecule has 0 amide bonds. The predicted molar refractivity (Wildman–Crippen MR) is 66.5 cm³/mol. The molecule has 4 nitrogen and oxygen atoms in total. The van der Waals surface area contributed by atoms with Crippen molar-refractivity contribution in [2.75, 3.05) is 12.8 Å². The van der Waals surface area contributed by atoms with E-state index >= 15 is 0 Å². The lowest BCUT2D eigenvalue weighted by Gasteiger charge is -2.08. The van der Waals surface area contributed by atoms with Crippen molar-refractivity contribution in [2.24, 2.45) is 0 Å². The predicted octanol–water partition coefficient (Wildman–Crippen LogP) is 2.77. The summed E-state index contributed by atoms with van der Waals surface area (Å²) in [7, 11) is 1.63. The van der Waals surface area contributed by atoms with Crippen LogP contribution in [0.2, 0.25) is 0 Å². The first-order valence-corrected chi connectivity index (χ1v) is 5.24. The summed E-state index contributed by atoms with van der Waals surface area (Å²) in [6, 6.07) is 10.9. The van der Waals surface area contributed by atoms with Crippen molar-refractivity contribution >= 4 is 5.82 Å². The third kappa shape index (κ3) is 2.66. The Morgan fingerprint density at radius 1 is 1.18 bits per heavy atom. The van der Waals surface area contributed by atoms with Crippen LogP contribution in [0, 0.1) is 6.92 Å². The molecule has 0 atom stereocenters. The lowest BCUT2D eigenvalue weighted by Crippen LogP contribution is -1.94. The maximum absolute atomic E-state index is 5.59. The average molecular weight is 230 g/mol. The van der Waals surface area contributed by atoms with Gasteiger partial charge < -0.3 is 15.2 Å². The molecule has 0 aliphatic heterocycles. The second-order valence-electron chi connectivity index (χ2n) is 3.63. The van der Waals surface area contributed by atoms with E-state index in [1.165, 1.54) is 0 Å². The normalized spacial score (nSPS) is 10.0. The summed E-state index contributed by atoms with van der Waals surface area (Å²) in [4.78, 5) is 4.06. The molecular formula is C13H14N2O2. The van der Waals surface area contributed by atoms with Gasteiger partial charge in [0.2, 0.25) is 5.88 Å². The Bertz CT molecular complexity index is 527. The number of aryl methyl sites for hydroxylation is 1. The highest BCUT2D eigenvalue weighted by Crippen LogP contribution is 2.27. The van der Waals surface area contributed by atoms with E-state index in [2.05, 4.69) is 4.98 Å². The fourth-order valence-corrected chi connectivity index (χ4v) is 1.47. The molecule has 1 aromatic carbocycles. The Labute approximate surface area is 100 Å². The van der Waals surface area contributed by atoms with Crippen molar-refractivity contribution in [2.45, 2.75) is 6.92 Å². The molecule has 88 valence electrons. The van der Waals surface area contributed by atoms with Crippen molar-refractivity contribution in [1.29, 1.82) is 0 Å². The van der Waals surface area contributed by atoms with Gasteiger partial charge in [-0.1, -0.05) is 12.1 Å². The van der Waals surface area contributed by atoms with Gasteiger partial charge in [-0.2, -0.15) is 4.98 Å². The van der Waals surface area contributed by atoms with Crippen molar-refractivity contribution in [3.05, 3.63) is 42.0 Å². The number of rotatable bonds is 3. The molecule has 0 saturated heterocycles. The molecular weight excluding hydrogens is 216 g/mol. The summed E-state index contributed by atoms with van der Waals surface area (Å²) in [6.07, 6.45) is 0. The fourth-order valence-electron chi connectivity index (χ4n) is 1.47. The second-order valence-corrected chi connectivity index (χ2v) is 3.63. The third-order valence-corrected chi connectivity index (χ3v) is 2.35. The van der Waals surface area contributed by atoms with Crippen LogP contribution in [-0.4, -0.2) is 12.1 Å². The Morgan fingerprint density at radius 2 is 2.00 bits per heavy atom.